The van der Waals surface area contributed by atoms with E-state index >= 15 is 0 Å². The van der Waals surface area contributed by atoms with Crippen LogP contribution in [0.5, 0.6) is 0 Å². The molecule has 150 valence electrons. The lowest BCUT2D eigenvalue weighted by atomic mass is 10.2. The second-order valence-electron chi connectivity index (χ2n) is 7.08. The molecule has 7 heteroatoms. The van der Waals surface area contributed by atoms with Crippen molar-refractivity contribution in [1.82, 2.24) is 9.88 Å². The van der Waals surface area contributed by atoms with Crippen LogP contribution >= 0.6 is 0 Å². The monoisotopic (exact) mass is 383 g/mol. The number of benzene rings is 1. The Kier molecular flexibility index (Phi) is 7.22. The molecular formula is C21H29N5O2. The molecule has 1 aromatic carbocycles. The van der Waals surface area contributed by atoms with Crippen LogP contribution in [0.25, 0.3) is 0 Å². The van der Waals surface area contributed by atoms with Crippen molar-refractivity contribution < 1.29 is 9.53 Å². The molecule has 0 bridgehead atoms. The summed E-state index contributed by atoms with van der Waals surface area (Å²) in [7, 11) is 4.11. The van der Waals surface area contributed by atoms with Gasteiger partial charge in [0.25, 0.3) is 5.91 Å². The number of para-hydroxylation sites is 2. The Labute approximate surface area is 166 Å². The van der Waals surface area contributed by atoms with Crippen molar-refractivity contribution in [3.63, 3.8) is 0 Å². The molecule has 2 heterocycles. The maximum absolute atomic E-state index is 12.8. The summed E-state index contributed by atoms with van der Waals surface area (Å²) in [6.45, 7) is 4.87. The molecular weight excluding hydrogens is 354 g/mol. The largest absolute Gasteiger partial charge is 0.378 e. The van der Waals surface area contributed by atoms with Gasteiger partial charge >= 0.3 is 0 Å². The number of nitrogens with zero attached hydrogens (tertiary/aromatic N) is 3. The quantitative estimate of drug-likeness (QED) is 0.683. The Morgan fingerprint density at radius 3 is 2.79 bits per heavy atom. The van der Waals surface area contributed by atoms with Gasteiger partial charge in [-0.05, 0) is 51.3 Å². The van der Waals surface area contributed by atoms with Crippen LogP contribution in [0.15, 0.2) is 42.6 Å². The summed E-state index contributed by atoms with van der Waals surface area (Å²) in [5.41, 5.74) is 2.42. The van der Waals surface area contributed by atoms with Gasteiger partial charge in [0.1, 0.15) is 5.82 Å². The van der Waals surface area contributed by atoms with Gasteiger partial charge in [-0.2, -0.15) is 0 Å². The fourth-order valence-corrected chi connectivity index (χ4v) is 3.13. The molecule has 2 N–H and O–H groups in total. The number of pyridine rings is 1. The van der Waals surface area contributed by atoms with E-state index in [0.717, 1.165) is 44.0 Å². The smallest absolute Gasteiger partial charge is 0.255 e. The number of morpholine rings is 1. The van der Waals surface area contributed by atoms with E-state index in [1.807, 2.05) is 24.3 Å². The fraction of sp³-hybridized carbons (Fsp3) is 0.429. The third-order valence-corrected chi connectivity index (χ3v) is 4.61. The molecule has 1 aromatic heterocycles. The Morgan fingerprint density at radius 2 is 2.00 bits per heavy atom. The average Bonchev–Trinajstić information content (AvgIpc) is 2.72. The normalized spacial score (nSPS) is 14.2. The molecule has 7 nitrogen and oxygen atoms in total. The molecule has 0 radical (unpaired) electrons. The fourth-order valence-electron chi connectivity index (χ4n) is 3.13. The van der Waals surface area contributed by atoms with Crippen molar-refractivity contribution >= 4 is 23.1 Å². The highest BCUT2D eigenvalue weighted by Crippen LogP contribution is 2.27. The molecule has 1 saturated heterocycles. The summed E-state index contributed by atoms with van der Waals surface area (Å²) >= 11 is 0. The van der Waals surface area contributed by atoms with E-state index in [1.165, 1.54) is 0 Å². The van der Waals surface area contributed by atoms with Gasteiger partial charge in [0.2, 0.25) is 0 Å². The summed E-state index contributed by atoms with van der Waals surface area (Å²) in [6, 6.07) is 11.4. The lowest BCUT2D eigenvalue weighted by molar-refractivity contribution is 0.102. The maximum atomic E-state index is 12.8. The molecule has 3 rings (SSSR count). The summed E-state index contributed by atoms with van der Waals surface area (Å²) in [6.07, 6.45) is 2.68. The maximum Gasteiger partial charge on any atom is 0.255 e. The summed E-state index contributed by atoms with van der Waals surface area (Å²) in [5, 5.41) is 6.33. The SMILES string of the molecule is CN(C)CCCNc1cc(C(=O)Nc2ccccc2N2CCOCC2)ccn1. The number of carbonyl (C=O) groups is 1. The molecule has 1 amide bonds. The number of amides is 1. The first kappa shape index (κ1) is 20.1. The van der Waals surface area contributed by atoms with E-state index in [-0.39, 0.29) is 5.91 Å². The first-order valence-electron chi connectivity index (χ1n) is 9.71. The number of rotatable bonds is 8. The van der Waals surface area contributed by atoms with Gasteiger partial charge in [0.05, 0.1) is 24.6 Å². The van der Waals surface area contributed by atoms with E-state index in [1.54, 1.807) is 18.3 Å². The van der Waals surface area contributed by atoms with Crippen molar-refractivity contribution in [2.75, 3.05) is 69.0 Å². The minimum atomic E-state index is -0.139. The predicted octanol–water partition coefficient (Wildman–Crippen LogP) is 2.53. The van der Waals surface area contributed by atoms with Gasteiger partial charge in [-0.25, -0.2) is 4.98 Å². The van der Waals surface area contributed by atoms with E-state index in [4.69, 9.17) is 4.74 Å². The van der Waals surface area contributed by atoms with Crippen LogP contribution in [0.1, 0.15) is 16.8 Å². The molecule has 28 heavy (non-hydrogen) atoms. The van der Waals surface area contributed by atoms with Crippen LogP contribution in [-0.4, -0.2) is 69.3 Å². The Bertz CT molecular complexity index is 775. The highest BCUT2D eigenvalue weighted by Gasteiger charge is 2.16. The number of hydrogen-bond acceptors (Lipinski definition) is 6. The zero-order valence-corrected chi connectivity index (χ0v) is 16.6. The number of aromatic nitrogens is 1. The summed E-state index contributed by atoms with van der Waals surface area (Å²) in [4.78, 5) is 21.5. The first-order valence-corrected chi connectivity index (χ1v) is 9.71. The topological polar surface area (TPSA) is 69.7 Å². The van der Waals surface area contributed by atoms with Crippen LogP contribution in [0.2, 0.25) is 0 Å². The highest BCUT2D eigenvalue weighted by molar-refractivity contribution is 6.06. The van der Waals surface area contributed by atoms with E-state index < -0.39 is 0 Å². The highest BCUT2D eigenvalue weighted by atomic mass is 16.5. The molecule has 0 spiro atoms. The van der Waals surface area contributed by atoms with Gasteiger partial charge in [0, 0.05) is 31.4 Å². The van der Waals surface area contributed by atoms with E-state index in [0.29, 0.717) is 24.6 Å². The van der Waals surface area contributed by atoms with Crippen molar-refractivity contribution in [3.8, 4) is 0 Å². The second kappa shape index (κ2) is 10.1. The first-order chi connectivity index (χ1) is 13.6. The van der Waals surface area contributed by atoms with Gasteiger partial charge < -0.3 is 25.2 Å². The molecule has 2 aromatic rings. The zero-order valence-electron chi connectivity index (χ0n) is 16.6. The molecule has 1 aliphatic heterocycles. The molecule has 0 atom stereocenters. The minimum Gasteiger partial charge on any atom is -0.378 e. The van der Waals surface area contributed by atoms with Crippen LogP contribution < -0.4 is 15.5 Å². The molecule has 1 aliphatic rings. The van der Waals surface area contributed by atoms with E-state index in [2.05, 4.69) is 39.5 Å². The Morgan fingerprint density at radius 1 is 1.21 bits per heavy atom. The molecule has 0 aliphatic carbocycles. The van der Waals surface area contributed by atoms with Gasteiger partial charge in [-0.1, -0.05) is 12.1 Å². The van der Waals surface area contributed by atoms with Crippen LogP contribution in [0.4, 0.5) is 17.2 Å². The Balaban J connectivity index is 1.64. The average molecular weight is 383 g/mol. The van der Waals surface area contributed by atoms with Crippen LogP contribution in [-0.2, 0) is 4.74 Å². The van der Waals surface area contributed by atoms with Crippen molar-refractivity contribution in [2.24, 2.45) is 0 Å². The number of anilines is 3. The van der Waals surface area contributed by atoms with Gasteiger partial charge in [-0.3, -0.25) is 4.79 Å². The Hall–Kier alpha value is -2.64. The van der Waals surface area contributed by atoms with Crippen molar-refractivity contribution in [3.05, 3.63) is 48.2 Å². The minimum absolute atomic E-state index is 0.139. The van der Waals surface area contributed by atoms with Crippen molar-refractivity contribution in [1.29, 1.82) is 0 Å². The van der Waals surface area contributed by atoms with Crippen LogP contribution in [0, 0.1) is 0 Å². The zero-order chi connectivity index (χ0) is 19.8. The van der Waals surface area contributed by atoms with Gasteiger partial charge in [0.15, 0.2) is 0 Å². The number of nitrogens with one attached hydrogen (secondary N) is 2. The summed E-state index contributed by atoms with van der Waals surface area (Å²) in [5.74, 6) is 0.576. The molecule has 1 fully saturated rings. The lowest BCUT2D eigenvalue weighted by Crippen LogP contribution is -2.36. The number of carbonyl (C=O) groups excluding carboxylic acids is 1. The van der Waals surface area contributed by atoms with Crippen LogP contribution in [0.3, 0.4) is 0 Å². The lowest BCUT2D eigenvalue weighted by Gasteiger charge is -2.30. The van der Waals surface area contributed by atoms with E-state index in [9.17, 15) is 4.79 Å². The standard InChI is InChI=1S/C21H29N5O2/c1-25(2)11-5-9-22-20-16-17(8-10-23-20)21(27)24-18-6-3-4-7-19(18)26-12-14-28-15-13-26/h3-4,6-8,10,16H,5,9,11-15H2,1-2H3,(H,22,23)(H,24,27). The third-order valence-electron chi connectivity index (χ3n) is 4.61. The molecule has 0 saturated carbocycles. The van der Waals surface area contributed by atoms with Crippen molar-refractivity contribution in [2.45, 2.75) is 6.42 Å². The second-order valence-corrected chi connectivity index (χ2v) is 7.08. The molecule has 0 unspecified atom stereocenters. The summed E-state index contributed by atoms with van der Waals surface area (Å²) < 4.78 is 5.43. The van der Waals surface area contributed by atoms with Gasteiger partial charge in [-0.15, -0.1) is 0 Å². The third kappa shape index (κ3) is 5.68. The number of hydrogen-bond donors (Lipinski definition) is 2. The number of ether oxygens (including phenoxy) is 1. The predicted molar refractivity (Wildman–Crippen MR) is 113 cm³/mol.